The number of hydrogen-bond donors (Lipinski definition) is 1. The highest BCUT2D eigenvalue weighted by molar-refractivity contribution is 7.27. The largest absolute Gasteiger partial charge is 0.497 e. The minimum absolute atomic E-state index is 0.903. The molecule has 0 aliphatic heterocycles. The van der Waals surface area contributed by atoms with Gasteiger partial charge in [0.15, 0.2) is 0 Å². The van der Waals surface area contributed by atoms with Gasteiger partial charge in [-0.15, -0.1) is 11.3 Å². The summed E-state index contributed by atoms with van der Waals surface area (Å²) in [4.78, 5) is 3.66. The minimum atomic E-state index is 0.903. The first-order valence-electron chi connectivity index (χ1n) is 8.66. The van der Waals surface area contributed by atoms with Crippen molar-refractivity contribution in [2.75, 3.05) is 7.11 Å². The Hall–Kier alpha value is -3.04. The number of nitrogens with one attached hydrogen (secondary N) is 1. The van der Waals surface area contributed by atoms with Gasteiger partial charge in [-0.05, 0) is 29.7 Å². The molecule has 0 saturated heterocycles. The number of methoxy groups -OCH3 is 1. The van der Waals surface area contributed by atoms with E-state index >= 15 is 0 Å². The van der Waals surface area contributed by atoms with Crippen molar-refractivity contribution in [2.45, 2.75) is 0 Å². The summed E-state index contributed by atoms with van der Waals surface area (Å²) < 4.78 is 8.14. The average molecular weight is 353 g/mol. The standard InChI is InChI=1S/C23H15NOS/c1-25-13-10-11-19-17(12-13)20-14-6-2-3-7-15(14)22-21(23(20)26-19)16-8-4-5-9-18(16)24-22/h2-12,24H,1H3. The van der Waals surface area contributed by atoms with E-state index in [9.17, 15) is 0 Å². The summed E-state index contributed by atoms with van der Waals surface area (Å²) in [6, 6.07) is 23.7. The number of benzene rings is 4. The monoisotopic (exact) mass is 353 g/mol. The normalized spacial score (nSPS) is 12.0. The van der Waals surface area contributed by atoms with Gasteiger partial charge in [-0.25, -0.2) is 0 Å². The van der Waals surface area contributed by atoms with E-state index in [4.69, 9.17) is 4.74 Å². The van der Waals surface area contributed by atoms with Gasteiger partial charge in [-0.1, -0.05) is 42.5 Å². The van der Waals surface area contributed by atoms with E-state index in [-0.39, 0.29) is 0 Å². The van der Waals surface area contributed by atoms with E-state index in [1.54, 1.807) is 7.11 Å². The Morgan fingerprint density at radius 1 is 0.769 bits per heavy atom. The molecule has 26 heavy (non-hydrogen) atoms. The first-order valence-corrected chi connectivity index (χ1v) is 9.48. The molecule has 0 fully saturated rings. The van der Waals surface area contributed by atoms with Gasteiger partial charge >= 0.3 is 0 Å². The van der Waals surface area contributed by atoms with Gasteiger partial charge in [-0.3, -0.25) is 0 Å². The maximum atomic E-state index is 5.49. The van der Waals surface area contributed by atoms with Gasteiger partial charge in [0.25, 0.3) is 0 Å². The van der Waals surface area contributed by atoms with Crippen molar-refractivity contribution in [3.05, 3.63) is 66.7 Å². The lowest BCUT2D eigenvalue weighted by atomic mass is 10.00. The highest BCUT2D eigenvalue weighted by Gasteiger charge is 2.17. The van der Waals surface area contributed by atoms with Crippen molar-refractivity contribution in [1.82, 2.24) is 4.98 Å². The van der Waals surface area contributed by atoms with E-state index < -0.39 is 0 Å². The molecule has 4 aromatic carbocycles. The zero-order valence-electron chi connectivity index (χ0n) is 14.2. The molecule has 0 bridgehead atoms. The second-order valence-corrected chi connectivity index (χ2v) is 7.69. The Kier molecular flexibility index (Phi) is 2.72. The molecule has 0 atom stereocenters. The third-order valence-electron chi connectivity index (χ3n) is 5.29. The maximum Gasteiger partial charge on any atom is 0.119 e. The summed E-state index contributed by atoms with van der Waals surface area (Å²) in [7, 11) is 1.73. The summed E-state index contributed by atoms with van der Waals surface area (Å²) >= 11 is 1.87. The first-order chi connectivity index (χ1) is 12.8. The van der Waals surface area contributed by atoms with E-state index in [1.807, 2.05) is 17.4 Å². The van der Waals surface area contributed by atoms with Crippen molar-refractivity contribution >= 4 is 64.1 Å². The molecule has 0 spiro atoms. The van der Waals surface area contributed by atoms with Crippen molar-refractivity contribution in [1.29, 1.82) is 0 Å². The highest BCUT2D eigenvalue weighted by atomic mass is 32.1. The topological polar surface area (TPSA) is 25.0 Å². The summed E-state index contributed by atoms with van der Waals surface area (Å²) in [6.07, 6.45) is 0. The molecule has 2 aromatic heterocycles. The molecular weight excluding hydrogens is 338 g/mol. The molecule has 0 aliphatic rings. The van der Waals surface area contributed by atoms with Crippen molar-refractivity contribution in [3.8, 4) is 5.75 Å². The number of fused-ring (bicyclic) bond motifs is 10. The number of aromatic amines is 1. The second kappa shape index (κ2) is 4.99. The molecular formula is C23H15NOS. The fourth-order valence-corrected chi connectivity index (χ4v) is 5.41. The van der Waals surface area contributed by atoms with Crippen LogP contribution in [-0.4, -0.2) is 12.1 Å². The van der Waals surface area contributed by atoms with Crippen LogP contribution in [0.5, 0.6) is 5.75 Å². The Morgan fingerprint density at radius 3 is 2.38 bits per heavy atom. The number of hydrogen-bond acceptors (Lipinski definition) is 2. The van der Waals surface area contributed by atoms with Crippen LogP contribution < -0.4 is 4.74 Å². The third kappa shape index (κ3) is 1.71. The zero-order valence-corrected chi connectivity index (χ0v) is 15.0. The zero-order chi connectivity index (χ0) is 17.3. The first kappa shape index (κ1) is 14.2. The molecule has 1 N–H and O–H groups in total. The molecule has 0 radical (unpaired) electrons. The number of thiophene rings is 1. The van der Waals surface area contributed by atoms with Crippen LogP contribution in [0.4, 0.5) is 0 Å². The van der Waals surface area contributed by atoms with Crippen LogP contribution in [0.15, 0.2) is 66.7 Å². The van der Waals surface area contributed by atoms with Crippen LogP contribution in [0.3, 0.4) is 0 Å². The number of H-pyrrole nitrogens is 1. The molecule has 3 heteroatoms. The molecule has 2 heterocycles. The van der Waals surface area contributed by atoms with Crippen molar-refractivity contribution < 1.29 is 4.74 Å². The van der Waals surface area contributed by atoms with Gasteiger partial charge in [-0.2, -0.15) is 0 Å². The minimum Gasteiger partial charge on any atom is -0.497 e. The lowest BCUT2D eigenvalue weighted by Gasteiger charge is -2.04. The predicted octanol–water partition coefficient (Wildman–Crippen LogP) is 6.85. The van der Waals surface area contributed by atoms with Gasteiger partial charge in [0.05, 0.1) is 12.6 Å². The number of aromatic nitrogens is 1. The van der Waals surface area contributed by atoms with E-state index in [2.05, 4.69) is 65.6 Å². The molecule has 0 saturated carbocycles. The van der Waals surface area contributed by atoms with E-state index in [0.29, 0.717) is 0 Å². The molecule has 6 rings (SSSR count). The Balaban J connectivity index is 2.00. The van der Waals surface area contributed by atoms with Gasteiger partial charge in [0.2, 0.25) is 0 Å². The van der Waals surface area contributed by atoms with Crippen LogP contribution in [0.2, 0.25) is 0 Å². The Labute approximate surface area is 153 Å². The van der Waals surface area contributed by atoms with Crippen LogP contribution >= 0.6 is 11.3 Å². The number of rotatable bonds is 1. The molecule has 0 unspecified atom stereocenters. The fourth-order valence-electron chi connectivity index (χ4n) is 4.15. The predicted molar refractivity (Wildman–Crippen MR) is 113 cm³/mol. The van der Waals surface area contributed by atoms with Crippen LogP contribution in [0.1, 0.15) is 0 Å². The summed E-state index contributed by atoms with van der Waals surface area (Å²) in [5.41, 5.74) is 2.42. The summed E-state index contributed by atoms with van der Waals surface area (Å²) in [5, 5.41) is 7.78. The highest BCUT2D eigenvalue weighted by Crippen LogP contribution is 2.46. The molecule has 2 nitrogen and oxygen atoms in total. The quantitative estimate of drug-likeness (QED) is 0.343. The lowest BCUT2D eigenvalue weighted by Crippen LogP contribution is -1.81. The molecule has 6 aromatic rings. The number of para-hydroxylation sites is 1. The van der Waals surface area contributed by atoms with Crippen molar-refractivity contribution in [3.63, 3.8) is 0 Å². The van der Waals surface area contributed by atoms with Crippen LogP contribution in [0.25, 0.3) is 52.8 Å². The summed E-state index contributed by atoms with van der Waals surface area (Å²) in [5.74, 6) is 0.903. The van der Waals surface area contributed by atoms with Crippen LogP contribution in [0, 0.1) is 0 Å². The SMILES string of the molecule is COc1ccc2sc3c(c2c1)c1ccccc1c1[nH]c2ccccc2c13. The molecule has 124 valence electrons. The molecule has 0 aliphatic carbocycles. The van der Waals surface area contributed by atoms with Gasteiger partial charge < -0.3 is 9.72 Å². The lowest BCUT2D eigenvalue weighted by molar-refractivity contribution is 0.415. The van der Waals surface area contributed by atoms with Crippen molar-refractivity contribution in [2.24, 2.45) is 0 Å². The van der Waals surface area contributed by atoms with E-state index in [1.165, 1.54) is 52.8 Å². The van der Waals surface area contributed by atoms with Gasteiger partial charge in [0, 0.05) is 41.8 Å². The van der Waals surface area contributed by atoms with Crippen LogP contribution in [-0.2, 0) is 0 Å². The smallest absolute Gasteiger partial charge is 0.119 e. The fraction of sp³-hybridized carbons (Fsp3) is 0.0435. The number of ether oxygens (including phenoxy) is 1. The average Bonchev–Trinajstić information content (AvgIpc) is 3.26. The maximum absolute atomic E-state index is 5.49. The Bertz CT molecular complexity index is 1470. The Morgan fingerprint density at radius 2 is 1.54 bits per heavy atom. The molecule has 0 amide bonds. The summed E-state index contributed by atoms with van der Waals surface area (Å²) in [6.45, 7) is 0. The van der Waals surface area contributed by atoms with Gasteiger partial charge in [0.1, 0.15) is 5.75 Å². The second-order valence-electron chi connectivity index (χ2n) is 6.63. The van der Waals surface area contributed by atoms with E-state index in [0.717, 1.165) is 5.75 Å². The third-order valence-corrected chi connectivity index (χ3v) is 6.48.